The number of ketones is 1. The van der Waals surface area contributed by atoms with Gasteiger partial charge in [0.25, 0.3) is 0 Å². The minimum absolute atomic E-state index is 0.0526. The molecule has 122 valence electrons. The van der Waals surface area contributed by atoms with E-state index in [9.17, 15) is 17.6 Å². The Morgan fingerprint density at radius 2 is 1.50 bits per heavy atom. The monoisotopic (exact) mass is 343 g/mol. The SMILES string of the molecule is O=C(CNS(=O)(=O)c1ccccc1)c1cc2ccccc2cc1F. The lowest BCUT2D eigenvalue weighted by atomic mass is 10.0. The second kappa shape index (κ2) is 6.51. The molecule has 0 radical (unpaired) electrons. The third-order valence-electron chi connectivity index (χ3n) is 3.61. The zero-order valence-electron chi connectivity index (χ0n) is 12.6. The summed E-state index contributed by atoms with van der Waals surface area (Å²) in [5.41, 5.74) is -0.135. The number of sulfonamides is 1. The Bertz CT molecular complexity index is 1000. The van der Waals surface area contributed by atoms with Crippen LogP contribution in [0.1, 0.15) is 10.4 Å². The molecule has 0 bridgehead atoms. The summed E-state index contributed by atoms with van der Waals surface area (Å²) in [6.45, 7) is -0.507. The van der Waals surface area contributed by atoms with Gasteiger partial charge in [-0.1, -0.05) is 42.5 Å². The molecule has 6 heteroatoms. The number of benzene rings is 3. The van der Waals surface area contributed by atoms with Crippen molar-refractivity contribution >= 4 is 26.6 Å². The molecular formula is C18H14FNO3S. The van der Waals surface area contributed by atoms with Gasteiger partial charge < -0.3 is 0 Å². The maximum Gasteiger partial charge on any atom is 0.240 e. The van der Waals surface area contributed by atoms with Gasteiger partial charge in [-0.2, -0.15) is 0 Å². The summed E-state index contributed by atoms with van der Waals surface area (Å²) in [5, 5.41) is 1.39. The van der Waals surface area contributed by atoms with Crippen molar-refractivity contribution in [3.8, 4) is 0 Å². The highest BCUT2D eigenvalue weighted by Crippen LogP contribution is 2.19. The number of carbonyl (C=O) groups is 1. The molecule has 0 saturated heterocycles. The van der Waals surface area contributed by atoms with Gasteiger partial charge in [0, 0.05) is 0 Å². The van der Waals surface area contributed by atoms with Crippen molar-refractivity contribution < 1.29 is 17.6 Å². The molecule has 4 nitrogen and oxygen atoms in total. The zero-order chi connectivity index (χ0) is 17.2. The van der Waals surface area contributed by atoms with Crippen molar-refractivity contribution in [1.82, 2.24) is 4.72 Å². The molecule has 1 N–H and O–H groups in total. The molecule has 3 aromatic rings. The van der Waals surface area contributed by atoms with Gasteiger partial charge in [0.05, 0.1) is 17.0 Å². The van der Waals surface area contributed by atoms with E-state index in [0.29, 0.717) is 10.8 Å². The Hall–Kier alpha value is -2.57. The number of halogens is 1. The molecule has 0 amide bonds. The minimum atomic E-state index is -3.81. The third-order valence-corrected chi connectivity index (χ3v) is 5.03. The molecule has 0 heterocycles. The summed E-state index contributed by atoms with van der Waals surface area (Å²) in [4.78, 5) is 12.3. The lowest BCUT2D eigenvalue weighted by Crippen LogP contribution is -2.30. The van der Waals surface area contributed by atoms with Crippen molar-refractivity contribution in [2.75, 3.05) is 6.54 Å². The van der Waals surface area contributed by atoms with E-state index in [4.69, 9.17) is 0 Å². The van der Waals surface area contributed by atoms with E-state index in [0.717, 1.165) is 0 Å². The van der Waals surface area contributed by atoms with E-state index in [1.54, 1.807) is 42.5 Å². The van der Waals surface area contributed by atoms with E-state index in [1.807, 2.05) is 0 Å². The Balaban J connectivity index is 1.82. The van der Waals surface area contributed by atoms with Crippen molar-refractivity contribution in [3.63, 3.8) is 0 Å². The summed E-state index contributed by atoms with van der Waals surface area (Å²) in [5.74, 6) is -1.30. The van der Waals surface area contributed by atoms with Crippen molar-refractivity contribution in [1.29, 1.82) is 0 Å². The first-order valence-corrected chi connectivity index (χ1v) is 8.72. The van der Waals surface area contributed by atoms with Crippen LogP contribution in [0.2, 0.25) is 0 Å². The molecule has 0 fully saturated rings. The quantitative estimate of drug-likeness (QED) is 0.724. The maximum atomic E-state index is 14.1. The Kier molecular flexibility index (Phi) is 4.42. The summed E-state index contributed by atoms with van der Waals surface area (Å²) < 4.78 is 40.5. The van der Waals surface area contributed by atoms with Crippen LogP contribution in [0.25, 0.3) is 10.8 Å². The van der Waals surface area contributed by atoms with E-state index >= 15 is 0 Å². The van der Waals surface area contributed by atoms with Crippen LogP contribution < -0.4 is 4.72 Å². The van der Waals surface area contributed by atoms with Crippen LogP contribution in [0.15, 0.2) is 71.6 Å². The van der Waals surface area contributed by atoms with Crippen LogP contribution in [0.4, 0.5) is 4.39 Å². The van der Waals surface area contributed by atoms with Gasteiger partial charge in [-0.15, -0.1) is 0 Å². The second-order valence-electron chi connectivity index (χ2n) is 5.24. The number of Topliss-reactive ketones (excluding diaryl/α,β-unsaturated/α-hetero) is 1. The first kappa shape index (κ1) is 16.3. The largest absolute Gasteiger partial charge is 0.293 e. The highest BCUT2D eigenvalue weighted by molar-refractivity contribution is 7.89. The normalized spacial score (nSPS) is 11.5. The van der Waals surface area contributed by atoms with Crippen LogP contribution in [0, 0.1) is 5.82 Å². The predicted molar refractivity (Wildman–Crippen MR) is 89.9 cm³/mol. The average Bonchev–Trinajstić information content (AvgIpc) is 2.60. The van der Waals surface area contributed by atoms with Crippen molar-refractivity contribution in [3.05, 3.63) is 78.1 Å². The summed E-state index contributed by atoms with van der Waals surface area (Å²) >= 11 is 0. The fraction of sp³-hybridized carbons (Fsp3) is 0.0556. The Morgan fingerprint density at radius 3 is 2.17 bits per heavy atom. The first-order chi connectivity index (χ1) is 11.5. The van der Waals surface area contributed by atoms with Crippen molar-refractivity contribution in [2.24, 2.45) is 0 Å². The van der Waals surface area contributed by atoms with Crippen LogP contribution in [0.5, 0.6) is 0 Å². The van der Waals surface area contributed by atoms with Crippen LogP contribution in [0.3, 0.4) is 0 Å². The zero-order valence-corrected chi connectivity index (χ0v) is 13.4. The first-order valence-electron chi connectivity index (χ1n) is 7.23. The molecule has 3 rings (SSSR count). The molecule has 0 saturated carbocycles. The van der Waals surface area contributed by atoms with Crippen LogP contribution >= 0.6 is 0 Å². The lowest BCUT2D eigenvalue weighted by molar-refractivity contribution is 0.0993. The van der Waals surface area contributed by atoms with Gasteiger partial charge in [0.15, 0.2) is 5.78 Å². The summed E-state index contributed by atoms with van der Waals surface area (Å²) in [7, 11) is -3.81. The van der Waals surface area contributed by atoms with E-state index < -0.39 is 28.2 Å². The molecule has 24 heavy (non-hydrogen) atoms. The van der Waals surface area contributed by atoms with Gasteiger partial charge >= 0.3 is 0 Å². The van der Waals surface area contributed by atoms with Gasteiger partial charge in [-0.05, 0) is 35.0 Å². The van der Waals surface area contributed by atoms with E-state index in [-0.39, 0.29) is 10.5 Å². The molecule has 3 aromatic carbocycles. The lowest BCUT2D eigenvalue weighted by Gasteiger charge is -2.08. The standard InChI is InChI=1S/C18H14FNO3S/c19-17-11-14-7-5-4-6-13(14)10-16(17)18(21)12-20-24(22,23)15-8-2-1-3-9-15/h1-11,20H,12H2. The Morgan fingerprint density at radius 1 is 0.917 bits per heavy atom. The van der Waals surface area contributed by atoms with E-state index in [1.165, 1.54) is 24.3 Å². The molecule has 0 aromatic heterocycles. The minimum Gasteiger partial charge on any atom is -0.293 e. The average molecular weight is 343 g/mol. The van der Waals surface area contributed by atoms with Crippen LogP contribution in [-0.4, -0.2) is 20.7 Å². The van der Waals surface area contributed by atoms with Gasteiger partial charge in [-0.3, -0.25) is 4.79 Å². The molecule has 0 atom stereocenters. The molecule has 0 unspecified atom stereocenters. The fourth-order valence-electron chi connectivity index (χ4n) is 2.36. The number of fused-ring (bicyclic) bond motifs is 1. The highest BCUT2D eigenvalue weighted by Gasteiger charge is 2.18. The predicted octanol–water partition coefficient (Wildman–Crippen LogP) is 3.14. The van der Waals surface area contributed by atoms with Gasteiger partial charge in [0.2, 0.25) is 10.0 Å². The summed E-state index contributed by atoms with van der Waals surface area (Å²) in [6.07, 6.45) is 0. The summed E-state index contributed by atoms with van der Waals surface area (Å²) in [6, 6.07) is 17.5. The van der Waals surface area contributed by atoms with Crippen molar-refractivity contribution in [2.45, 2.75) is 4.90 Å². The smallest absolute Gasteiger partial charge is 0.240 e. The molecule has 0 spiro atoms. The fourth-order valence-corrected chi connectivity index (χ4v) is 3.37. The van der Waals surface area contributed by atoms with Crippen LogP contribution in [-0.2, 0) is 10.0 Å². The molecule has 0 aliphatic carbocycles. The maximum absolute atomic E-state index is 14.1. The topological polar surface area (TPSA) is 63.2 Å². The number of hydrogen-bond donors (Lipinski definition) is 1. The van der Waals surface area contributed by atoms with E-state index in [2.05, 4.69) is 4.72 Å². The number of rotatable bonds is 5. The third kappa shape index (κ3) is 3.34. The Labute approximate surface area is 139 Å². The van der Waals surface area contributed by atoms with Gasteiger partial charge in [0.1, 0.15) is 5.82 Å². The number of carbonyl (C=O) groups excluding carboxylic acids is 1. The highest BCUT2D eigenvalue weighted by atomic mass is 32.2. The van der Waals surface area contributed by atoms with Gasteiger partial charge in [-0.25, -0.2) is 17.5 Å². The number of nitrogens with one attached hydrogen (secondary N) is 1. The molecular weight excluding hydrogens is 329 g/mol. The molecule has 0 aliphatic rings. The molecule has 0 aliphatic heterocycles. The second-order valence-corrected chi connectivity index (χ2v) is 7.01. The number of hydrogen-bond acceptors (Lipinski definition) is 3.